The summed E-state index contributed by atoms with van der Waals surface area (Å²) < 4.78 is 5.69. The number of ether oxygens (including phenoxy) is 1. The molecule has 1 N–H and O–H groups in total. The number of para-hydroxylation sites is 1. The number of amides is 2. The minimum Gasteiger partial charge on any atom is -0.494 e. The molecule has 2 amide bonds. The summed E-state index contributed by atoms with van der Waals surface area (Å²) in [6.07, 6.45) is 0.912. The van der Waals surface area contributed by atoms with Crippen molar-refractivity contribution in [3.63, 3.8) is 0 Å². The monoisotopic (exact) mass is 454 g/mol. The summed E-state index contributed by atoms with van der Waals surface area (Å²) in [5.41, 5.74) is 4.69. The normalized spacial score (nSPS) is 13.7. The number of anilines is 2. The molecule has 5 heteroatoms. The Morgan fingerprint density at radius 2 is 1.56 bits per heavy atom. The molecule has 0 aromatic heterocycles. The molecule has 3 aromatic rings. The summed E-state index contributed by atoms with van der Waals surface area (Å²) >= 11 is 0. The summed E-state index contributed by atoms with van der Waals surface area (Å²) in [5, 5.41) is 3.24. The van der Waals surface area contributed by atoms with Gasteiger partial charge in [0.2, 0.25) is 0 Å². The van der Waals surface area contributed by atoms with Crippen molar-refractivity contribution in [2.75, 3.05) is 16.8 Å². The molecule has 0 fully saturated rings. The fraction of sp³-hybridized carbons (Fsp3) is 0.241. The highest BCUT2D eigenvalue weighted by Crippen LogP contribution is 2.35. The van der Waals surface area contributed by atoms with Crippen LogP contribution in [0.5, 0.6) is 5.75 Å². The molecule has 174 valence electrons. The molecule has 0 unspecified atom stereocenters. The molecule has 1 heterocycles. The summed E-state index contributed by atoms with van der Waals surface area (Å²) in [6, 6.07) is 22.7. The molecule has 0 spiro atoms. The maximum atomic E-state index is 13.6. The van der Waals surface area contributed by atoms with Crippen molar-refractivity contribution in [1.29, 1.82) is 0 Å². The van der Waals surface area contributed by atoms with Crippen LogP contribution in [0, 0.1) is 6.92 Å². The predicted molar refractivity (Wildman–Crippen MR) is 137 cm³/mol. The van der Waals surface area contributed by atoms with Gasteiger partial charge in [-0.05, 0) is 66.3 Å². The van der Waals surface area contributed by atoms with E-state index in [2.05, 4.69) is 19.2 Å². The minimum absolute atomic E-state index is 0.271. The van der Waals surface area contributed by atoms with Gasteiger partial charge in [-0.3, -0.25) is 9.59 Å². The minimum atomic E-state index is -0.367. The van der Waals surface area contributed by atoms with E-state index in [1.54, 1.807) is 6.07 Å². The van der Waals surface area contributed by atoms with Gasteiger partial charge in [0, 0.05) is 5.69 Å². The molecule has 0 saturated carbocycles. The van der Waals surface area contributed by atoms with E-state index in [0.29, 0.717) is 29.3 Å². The van der Waals surface area contributed by atoms with Gasteiger partial charge in [0.15, 0.2) is 0 Å². The van der Waals surface area contributed by atoms with Gasteiger partial charge in [-0.1, -0.05) is 63.2 Å². The van der Waals surface area contributed by atoms with E-state index in [9.17, 15) is 9.59 Å². The molecule has 0 radical (unpaired) electrons. The van der Waals surface area contributed by atoms with E-state index in [4.69, 9.17) is 4.74 Å². The van der Waals surface area contributed by atoms with Crippen LogP contribution >= 0.6 is 0 Å². The Labute approximate surface area is 201 Å². The van der Waals surface area contributed by atoms with E-state index in [1.807, 2.05) is 80.6 Å². The number of nitrogens with one attached hydrogen (secondary N) is 1. The van der Waals surface area contributed by atoms with Crippen LogP contribution in [-0.4, -0.2) is 18.4 Å². The first-order valence-electron chi connectivity index (χ1n) is 11.7. The van der Waals surface area contributed by atoms with Gasteiger partial charge in [0.05, 0.1) is 17.9 Å². The van der Waals surface area contributed by atoms with Crippen LogP contribution in [-0.2, 0) is 9.59 Å². The third kappa shape index (κ3) is 4.60. The zero-order chi connectivity index (χ0) is 24.2. The highest BCUT2D eigenvalue weighted by Gasteiger charge is 2.40. The smallest absolute Gasteiger partial charge is 0.282 e. The standard InChI is InChI=1S/C29H30N2O3/c1-5-18-34-24-16-12-22(13-17-24)26-27(30-23-14-10-21(11-15-23)19(2)3)29(33)31(28(26)32)25-9-7-6-8-20(25)4/h6-17,19,30H,5,18H2,1-4H3. The second kappa shape index (κ2) is 9.96. The van der Waals surface area contributed by atoms with Crippen LogP contribution in [0.3, 0.4) is 0 Å². The van der Waals surface area contributed by atoms with Crippen LogP contribution in [0.2, 0.25) is 0 Å². The fourth-order valence-electron chi connectivity index (χ4n) is 3.98. The van der Waals surface area contributed by atoms with Gasteiger partial charge in [0.1, 0.15) is 11.4 Å². The van der Waals surface area contributed by atoms with Gasteiger partial charge in [0.25, 0.3) is 11.8 Å². The summed E-state index contributed by atoms with van der Waals surface area (Å²) in [5.74, 6) is 0.428. The number of carbonyl (C=O) groups is 2. The Bertz CT molecular complexity index is 1220. The molecular formula is C29H30N2O3. The van der Waals surface area contributed by atoms with Crippen molar-refractivity contribution in [2.45, 2.75) is 40.0 Å². The molecule has 3 aromatic carbocycles. The summed E-state index contributed by atoms with van der Waals surface area (Å²) in [4.78, 5) is 28.5. The van der Waals surface area contributed by atoms with Gasteiger partial charge >= 0.3 is 0 Å². The van der Waals surface area contributed by atoms with Crippen molar-refractivity contribution in [2.24, 2.45) is 0 Å². The number of aryl methyl sites for hydroxylation is 1. The maximum Gasteiger partial charge on any atom is 0.282 e. The largest absolute Gasteiger partial charge is 0.494 e. The predicted octanol–water partition coefficient (Wildman–Crippen LogP) is 6.30. The van der Waals surface area contributed by atoms with Gasteiger partial charge < -0.3 is 10.1 Å². The Morgan fingerprint density at radius 1 is 0.882 bits per heavy atom. The zero-order valence-electron chi connectivity index (χ0n) is 20.1. The van der Waals surface area contributed by atoms with Crippen LogP contribution in [0.1, 0.15) is 49.8 Å². The molecule has 1 aliphatic heterocycles. The lowest BCUT2D eigenvalue weighted by molar-refractivity contribution is -0.120. The lowest BCUT2D eigenvalue weighted by atomic mass is 10.0. The molecule has 0 bridgehead atoms. The zero-order valence-corrected chi connectivity index (χ0v) is 20.1. The lowest BCUT2D eigenvalue weighted by Gasteiger charge is -2.17. The Balaban J connectivity index is 1.75. The van der Waals surface area contributed by atoms with Crippen molar-refractivity contribution >= 4 is 28.8 Å². The highest BCUT2D eigenvalue weighted by molar-refractivity contribution is 6.46. The van der Waals surface area contributed by atoms with Crippen molar-refractivity contribution in [3.8, 4) is 5.75 Å². The van der Waals surface area contributed by atoms with Crippen LogP contribution in [0.4, 0.5) is 11.4 Å². The molecule has 0 saturated heterocycles. The van der Waals surface area contributed by atoms with Crippen LogP contribution < -0.4 is 15.0 Å². The van der Waals surface area contributed by atoms with Crippen LogP contribution in [0.15, 0.2) is 78.5 Å². The van der Waals surface area contributed by atoms with Gasteiger partial charge in [-0.2, -0.15) is 0 Å². The van der Waals surface area contributed by atoms with Crippen LogP contribution in [0.25, 0.3) is 5.57 Å². The molecule has 4 rings (SSSR count). The maximum absolute atomic E-state index is 13.6. The van der Waals surface area contributed by atoms with E-state index in [0.717, 1.165) is 23.4 Å². The first-order chi connectivity index (χ1) is 16.4. The number of hydrogen-bond acceptors (Lipinski definition) is 4. The van der Waals surface area contributed by atoms with E-state index in [-0.39, 0.29) is 17.5 Å². The number of rotatable bonds is 8. The second-order valence-electron chi connectivity index (χ2n) is 8.76. The number of benzene rings is 3. The second-order valence-corrected chi connectivity index (χ2v) is 8.76. The Morgan fingerprint density at radius 3 is 2.18 bits per heavy atom. The molecule has 0 atom stereocenters. The SMILES string of the molecule is CCCOc1ccc(C2=C(Nc3ccc(C(C)C)cc3)C(=O)N(c3ccccc3C)C2=O)cc1. The van der Waals surface area contributed by atoms with E-state index >= 15 is 0 Å². The molecule has 34 heavy (non-hydrogen) atoms. The molecule has 5 nitrogen and oxygen atoms in total. The van der Waals surface area contributed by atoms with E-state index in [1.165, 1.54) is 10.5 Å². The molecule has 0 aliphatic carbocycles. The lowest BCUT2D eigenvalue weighted by Crippen LogP contribution is -2.33. The topological polar surface area (TPSA) is 58.6 Å². The quantitative estimate of drug-likeness (QED) is 0.406. The number of hydrogen-bond donors (Lipinski definition) is 1. The van der Waals surface area contributed by atoms with Crippen molar-refractivity contribution in [3.05, 3.63) is 95.2 Å². The molecular weight excluding hydrogens is 424 g/mol. The summed E-state index contributed by atoms with van der Waals surface area (Å²) in [6.45, 7) is 8.84. The number of nitrogens with zero attached hydrogens (tertiary/aromatic N) is 1. The van der Waals surface area contributed by atoms with Crippen molar-refractivity contribution < 1.29 is 14.3 Å². The number of carbonyl (C=O) groups excluding carboxylic acids is 2. The van der Waals surface area contributed by atoms with Gasteiger partial charge in [-0.25, -0.2) is 4.90 Å². The van der Waals surface area contributed by atoms with Crippen molar-refractivity contribution in [1.82, 2.24) is 0 Å². The third-order valence-corrected chi connectivity index (χ3v) is 5.90. The first-order valence-corrected chi connectivity index (χ1v) is 11.7. The Kier molecular flexibility index (Phi) is 6.82. The number of imide groups is 1. The average molecular weight is 455 g/mol. The molecule has 1 aliphatic rings. The first kappa shape index (κ1) is 23.3. The van der Waals surface area contributed by atoms with Gasteiger partial charge in [-0.15, -0.1) is 0 Å². The fourth-order valence-corrected chi connectivity index (χ4v) is 3.98. The Hall–Kier alpha value is -3.86. The highest BCUT2D eigenvalue weighted by atomic mass is 16.5. The summed E-state index contributed by atoms with van der Waals surface area (Å²) in [7, 11) is 0. The average Bonchev–Trinajstić information content (AvgIpc) is 3.08. The third-order valence-electron chi connectivity index (χ3n) is 5.90. The van der Waals surface area contributed by atoms with E-state index < -0.39 is 0 Å².